The van der Waals surface area contributed by atoms with Gasteiger partial charge in [-0.25, -0.2) is 26.4 Å². The maximum atomic E-state index is 11.7. The van der Waals surface area contributed by atoms with E-state index in [-0.39, 0.29) is 18.8 Å². The molecule has 0 aliphatic heterocycles. The summed E-state index contributed by atoms with van der Waals surface area (Å²) in [4.78, 5) is 22.8. The minimum Gasteiger partial charge on any atom is -0.463 e. The molecule has 0 spiro atoms. The molecule has 1 unspecified atom stereocenters. The number of carbonyl (C=O) groups is 2. The van der Waals surface area contributed by atoms with Crippen molar-refractivity contribution in [3.63, 3.8) is 0 Å². The van der Waals surface area contributed by atoms with Crippen molar-refractivity contribution in [3.05, 3.63) is 0 Å². The van der Waals surface area contributed by atoms with Crippen LogP contribution in [-0.4, -0.2) is 64.8 Å². The van der Waals surface area contributed by atoms with Gasteiger partial charge in [0.2, 0.25) is 10.0 Å². The monoisotopic (exact) mass is 387 g/mol. The van der Waals surface area contributed by atoms with Gasteiger partial charge in [-0.3, -0.25) is 4.79 Å². The highest BCUT2D eigenvalue weighted by atomic mass is 32.2. The van der Waals surface area contributed by atoms with E-state index in [9.17, 15) is 26.4 Å². The summed E-state index contributed by atoms with van der Waals surface area (Å²) in [5.41, 5.74) is 0. The Hall–Kier alpha value is -1.20. The second-order valence-corrected chi connectivity index (χ2v) is 9.90. The molecular weight excluding hydrogens is 362 g/mol. The van der Waals surface area contributed by atoms with Gasteiger partial charge < -0.3 is 9.47 Å². The molecule has 0 saturated heterocycles. The summed E-state index contributed by atoms with van der Waals surface area (Å²) in [5, 5.41) is -0.576. The summed E-state index contributed by atoms with van der Waals surface area (Å²) in [6, 6.07) is 0. The Labute approximate surface area is 143 Å². The van der Waals surface area contributed by atoms with Gasteiger partial charge in [0.1, 0.15) is 6.54 Å². The normalized spacial score (nSPS) is 13.5. The Kier molecular flexibility index (Phi) is 9.45. The lowest BCUT2D eigenvalue weighted by Crippen LogP contribution is -2.36. The number of nitrogens with one attached hydrogen (secondary N) is 1. The number of ether oxygens (including phenoxy) is 2. The van der Waals surface area contributed by atoms with Crippen molar-refractivity contribution >= 4 is 31.8 Å². The third-order valence-electron chi connectivity index (χ3n) is 2.92. The molecule has 142 valence electrons. The van der Waals surface area contributed by atoms with Crippen molar-refractivity contribution < 1.29 is 35.9 Å². The number of esters is 2. The average Bonchev–Trinajstić information content (AvgIpc) is 2.45. The number of sulfone groups is 1. The van der Waals surface area contributed by atoms with Crippen LogP contribution in [0.15, 0.2) is 0 Å². The number of rotatable bonds is 11. The Morgan fingerprint density at radius 1 is 1.04 bits per heavy atom. The average molecular weight is 387 g/mol. The largest absolute Gasteiger partial charge is 0.463 e. The highest BCUT2D eigenvalue weighted by molar-refractivity contribution is 7.92. The SMILES string of the molecule is CCOC(=O)C(C)OC(=O)CNS(=O)(=O)CCCS(=O)(=O)C(C)C. The summed E-state index contributed by atoms with van der Waals surface area (Å²) in [5.74, 6) is -2.35. The maximum absolute atomic E-state index is 11.7. The van der Waals surface area contributed by atoms with Crippen molar-refractivity contribution in [1.29, 1.82) is 0 Å². The lowest BCUT2D eigenvalue weighted by Gasteiger charge is -2.12. The molecule has 11 heteroatoms. The standard InChI is InChI=1S/C13H25NO8S2/c1-5-21-13(16)11(4)22-12(15)9-14-24(19,20)8-6-7-23(17,18)10(2)3/h10-11,14H,5-9H2,1-4H3. The molecule has 0 heterocycles. The van der Waals surface area contributed by atoms with E-state index in [2.05, 4.69) is 4.74 Å². The molecule has 0 rings (SSSR count). The van der Waals surface area contributed by atoms with E-state index >= 15 is 0 Å². The molecule has 0 saturated carbocycles. The Bertz CT molecular complexity index is 624. The number of hydrogen-bond donors (Lipinski definition) is 1. The third kappa shape index (κ3) is 9.18. The van der Waals surface area contributed by atoms with Crippen LogP contribution in [0.25, 0.3) is 0 Å². The zero-order chi connectivity index (χ0) is 19.0. The predicted octanol–water partition coefficient (Wildman–Crippen LogP) is -0.386. The zero-order valence-corrected chi connectivity index (χ0v) is 15.9. The Morgan fingerprint density at radius 2 is 1.62 bits per heavy atom. The van der Waals surface area contributed by atoms with E-state index in [1.165, 1.54) is 20.8 Å². The molecule has 0 aromatic heterocycles. The summed E-state index contributed by atoms with van der Waals surface area (Å²) in [7, 11) is -7.14. The Balaban J connectivity index is 4.29. The summed E-state index contributed by atoms with van der Waals surface area (Å²) in [6.45, 7) is 5.42. The molecule has 0 radical (unpaired) electrons. The van der Waals surface area contributed by atoms with E-state index in [0.29, 0.717) is 0 Å². The van der Waals surface area contributed by atoms with Gasteiger partial charge in [0.25, 0.3) is 0 Å². The van der Waals surface area contributed by atoms with E-state index in [1.54, 1.807) is 6.92 Å². The fourth-order valence-electron chi connectivity index (χ4n) is 1.47. The van der Waals surface area contributed by atoms with Crippen LogP contribution in [0.5, 0.6) is 0 Å². The van der Waals surface area contributed by atoms with E-state index < -0.39 is 55.5 Å². The van der Waals surface area contributed by atoms with E-state index in [0.717, 1.165) is 0 Å². The first kappa shape index (κ1) is 22.8. The van der Waals surface area contributed by atoms with Crippen LogP contribution in [0.1, 0.15) is 34.1 Å². The van der Waals surface area contributed by atoms with Crippen molar-refractivity contribution in [1.82, 2.24) is 4.72 Å². The number of carbonyl (C=O) groups excluding carboxylic acids is 2. The first-order valence-corrected chi connectivity index (χ1v) is 10.8. The zero-order valence-electron chi connectivity index (χ0n) is 14.3. The molecule has 1 atom stereocenters. The molecule has 0 amide bonds. The van der Waals surface area contributed by atoms with Crippen LogP contribution in [0.3, 0.4) is 0 Å². The van der Waals surface area contributed by atoms with Crippen LogP contribution in [0.4, 0.5) is 0 Å². The molecule has 24 heavy (non-hydrogen) atoms. The summed E-state index contributed by atoms with van der Waals surface area (Å²) < 4.78 is 57.9. The summed E-state index contributed by atoms with van der Waals surface area (Å²) >= 11 is 0. The van der Waals surface area contributed by atoms with E-state index in [1.807, 2.05) is 4.72 Å². The van der Waals surface area contributed by atoms with Crippen LogP contribution in [0.2, 0.25) is 0 Å². The van der Waals surface area contributed by atoms with Crippen LogP contribution < -0.4 is 4.72 Å². The minimum absolute atomic E-state index is 0.0792. The van der Waals surface area contributed by atoms with Gasteiger partial charge in [-0.2, -0.15) is 0 Å². The van der Waals surface area contributed by atoms with Gasteiger partial charge >= 0.3 is 11.9 Å². The molecule has 9 nitrogen and oxygen atoms in total. The lowest BCUT2D eigenvalue weighted by atomic mass is 10.4. The van der Waals surface area contributed by atoms with Gasteiger partial charge in [0.15, 0.2) is 15.9 Å². The lowest BCUT2D eigenvalue weighted by molar-refractivity contribution is -0.165. The number of hydrogen-bond acceptors (Lipinski definition) is 8. The molecule has 0 bridgehead atoms. The van der Waals surface area contributed by atoms with Gasteiger partial charge in [-0.1, -0.05) is 0 Å². The first-order valence-electron chi connectivity index (χ1n) is 7.46. The molecule has 0 aliphatic rings. The molecule has 0 aromatic rings. The highest BCUT2D eigenvalue weighted by Crippen LogP contribution is 2.04. The van der Waals surface area contributed by atoms with Crippen molar-refractivity contribution in [3.8, 4) is 0 Å². The van der Waals surface area contributed by atoms with Crippen LogP contribution in [-0.2, 0) is 38.9 Å². The van der Waals surface area contributed by atoms with Crippen molar-refractivity contribution in [2.45, 2.75) is 45.5 Å². The summed E-state index contributed by atoms with van der Waals surface area (Å²) in [6.07, 6.45) is -1.22. The molecule has 0 fully saturated rings. The molecule has 0 aromatic carbocycles. The quantitative estimate of drug-likeness (QED) is 0.474. The maximum Gasteiger partial charge on any atom is 0.347 e. The second kappa shape index (κ2) is 9.94. The topological polar surface area (TPSA) is 133 Å². The van der Waals surface area contributed by atoms with Gasteiger partial charge in [0.05, 0.1) is 23.4 Å². The first-order chi connectivity index (χ1) is 10.9. The smallest absolute Gasteiger partial charge is 0.347 e. The van der Waals surface area contributed by atoms with Crippen molar-refractivity contribution in [2.24, 2.45) is 0 Å². The van der Waals surface area contributed by atoms with Gasteiger partial charge in [0, 0.05) is 0 Å². The van der Waals surface area contributed by atoms with Crippen LogP contribution in [0, 0.1) is 0 Å². The minimum atomic E-state index is -3.82. The molecule has 1 N–H and O–H groups in total. The third-order valence-corrected chi connectivity index (χ3v) is 6.63. The Morgan fingerprint density at radius 3 is 2.12 bits per heavy atom. The molecule has 0 aliphatic carbocycles. The van der Waals surface area contributed by atoms with Gasteiger partial charge in [-0.15, -0.1) is 0 Å². The fourth-order valence-corrected chi connectivity index (χ4v) is 3.68. The van der Waals surface area contributed by atoms with Crippen LogP contribution >= 0.6 is 0 Å². The fraction of sp³-hybridized carbons (Fsp3) is 0.846. The van der Waals surface area contributed by atoms with Crippen molar-refractivity contribution in [2.75, 3.05) is 24.7 Å². The van der Waals surface area contributed by atoms with Gasteiger partial charge in [-0.05, 0) is 34.1 Å². The molecular formula is C13H25NO8S2. The predicted molar refractivity (Wildman–Crippen MR) is 87.5 cm³/mol. The number of sulfonamides is 1. The second-order valence-electron chi connectivity index (χ2n) is 5.29. The van der Waals surface area contributed by atoms with E-state index in [4.69, 9.17) is 4.74 Å². The highest BCUT2D eigenvalue weighted by Gasteiger charge is 2.21.